The summed E-state index contributed by atoms with van der Waals surface area (Å²) >= 11 is 0. The molecule has 2 N–H and O–H groups in total. The summed E-state index contributed by atoms with van der Waals surface area (Å²) in [6.45, 7) is 8.13. The number of nitrogens with zero attached hydrogens (tertiary/aromatic N) is 1. The zero-order valence-corrected chi connectivity index (χ0v) is 11.8. The van der Waals surface area contributed by atoms with Gasteiger partial charge in [-0.15, -0.1) is 0 Å². The topological polar surface area (TPSA) is 29.3 Å². The SMILES string of the molecule is CC(C)CN(CC1(CN)CCC1)C1CCCC1. The molecule has 2 saturated carbocycles. The lowest BCUT2D eigenvalue weighted by Crippen LogP contribution is -2.50. The monoisotopic (exact) mass is 238 g/mol. The van der Waals surface area contributed by atoms with Crippen LogP contribution in [0.3, 0.4) is 0 Å². The van der Waals surface area contributed by atoms with Crippen LogP contribution in [-0.2, 0) is 0 Å². The fourth-order valence-corrected chi connectivity index (χ4v) is 3.62. The summed E-state index contributed by atoms with van der Waals surface area (Å²) in [7, 11) is 0. The summed E-state index contributed by atoms with van der Waals surface area (Å²) in [5, 5.41) is 0. The van der Waals surface area contributed by atoms with Gasteiger partial charge in [0.2, 0.25) is 0 Å². The molecule has 2 heteroatoms. The van der Waals surface area contributed by atoms with Crippen LogP contribution in [0.2, 0.25) is 0 Å². The largest absolute Gasteiger partial charge is 0.330 e. The molecule has 17 heavy (non-hydrogen) atoms. The lowest BCUT2D eigenvalue weighted by Gasteiger charge is -2.46. The van der Waals surface area contributed by atoms with E-state index in [1.807, 2.05) is 0 Å². The third-order valence-corrected chi connectivity index (χ3v) is 4.83. The van der Waals surface area contributed by atoms with E-state index < -0.39 is 0 Å². The molecule has 0 aliphatic heterocycles. The van der Waals surface area contributed by atoms with Gasteiger partial charge < -0.3 is 5.73 Å². The van der Waals surface area contributed by atoms with Crippen molar-refractivity contribution in [2.45, 2.75) is 64.8 Å². The van der Waals surface area contributed by atoms with Crippen molar-refractivity contribution in [3.8, 4) is 0 Å². The molecule has 0 amide bonds. The van der Waals surface area contributed by atoms with Crippen LogP contribution in [-0.4, -0.2) is 30.6 Å². The van der Waals surface area contributed by atoms with E-state index in [1.54, 1.807) is 0 Å². The highest BCUT2D eigenvalue weighted by Gasteiger charge is 2.39. The van der Waals surface area contributed by atoms with Gasteiger partial charge >= 0.3 is 0 Å². The Kier molecular flexibility index (Phi) is 4.48. The third kappa shape index (κ3) is 3.23. The van der Waals surface area contributed by atoms with Crippen LogP contribution in [0.4, 0.5) is 0 Å². The van der Waals surface area contributed by atoms with Crippen molar-refractivity contribution in [3.63, 3.8) is 0 Å². The van der Waals surface area contributed by atoms with E-state index in [0.29, 0.717) is 5.41 Å². The Hall–Kier alpha value is -0.0800. The fraction of sp³-hybridized carbons (Fsp3) is 1.00. The van der Waals surface area contributed by atoms with Crippen LogP contribution in [0.25, 0.3) is 0 Å². The lowest BCUT2D eigenvalue weighted by molar-refractivity contribution is 0.0455. The quantitative estimate of drug-likeness (QED) is 0.771. The van der Waals surface area contributed by atoms with Gasteiger partial charge in [0.1, 0.15) is 0 Å². The first kappa shape index (κ1) is 13.4. The van der Waals surface area contributed by atoms with E-state index in [4.69, 9.17) is 5.73 Å². The summed E-state index contributed by atoms with van der Waals surface area (Å²) in [6.07, 6.45) is 9.86. The summed E-state index contributed by atoms with van der Waals surface area (Å²) in [4.78, 5) is 2.78. The number of rotatable bonds is 6. The van der Waals surface area contributed by atoms with Crippen LogP contribution in [0, 0.1) is 11.3 Å². The zero-order valence-electron chi connectivity index (χ0n) is 11.8. The zero-order chi connectivity index (χ0) is 12.3. The highest BCUT2D eigenvalue weighted by atomic mass is 15.2. The highest BCUT2D eigenvalue weighted by molar-refractivity contribution is 4.93. The van der Waals surface area contributed by atoms with Crippen molar-refractivity contribution in [1.29, 1.82) is 0 Å². The predicted molar refractivity (Wildman–Crippen MR) is 74.0 cm³/mol. The molecule has 2 rings (SSSR count). The molecular formula is C15H30N2. The normalized spacial score (nSPS) is 24.5. The van der Waals surface area contributed by atoms with E-state index in [0.717, 1.165) is 18.5 Å². The van der Waals surface area contributed by atoms with E-state index >= 15 is 0 Å². The summed E-state index contributed by atoms with van der Waals surface area (Å²) in [5.41, 5.74) is 6.50. The average molecular weight is 238 g/mol. The number of hydrogen-bond donors (Lipinski definition) is 1. The van der Waals surface area contributed by atoms with Crippen LogP contribution in [0.5, 0.6) is 0 Å². The van der Waals surface area contributed by atoms with Gasteiger partial charge in [-0.25, -0.2) is 0 Å². The molecule has 0 spiro atoms. The minimum Gasteiger partial charge on any atom is -0.330 e. The molecule has 0 bridgehead atoms. The Labute approximate surface area is 107 Å². The Morgan fingerprint density at radius 3 is 2.24 bits per heavy atom. The standard InChI is InChI=1S/C15H30N2/c1-13(2)10-17(14-6-3-4-7-14)12-15(11-16)8-5-9-15/h13-14H,3-12,16H2,1-2H3. The maximum absolute atomic E-state index is 6.02. The van der Waals surface area contributed by atoms with Gasteiger partial charge in [-0.1, -0.05) is 33.1 Å². The molecule has 2 nitrogen and oxygen atoms in total. The second kappa shape index (κ2) is 5.71. The molecular weight excluding hydrogens is 208 g/mol. The summed E-state index contributed by atoms with van der Waals surface area (Å²) < 4.78 is 0. The Balaban J connectivity index is 1.94. The van der Waals surface area contributed by atoms with Crippen molar-refractivity contribution in [3.05, 3.63) is 0 Å². The van der Waals surface area contributed by atoms with Crippen LogP contribution in [0.1, 0.15) is 58.8 Å². The maximum atomic E-state index is 6.02. The summed E-state index contributed by atoms with van der Waals surface area (Å²) in [6, 6.07) is 0.862. The van der Waals surface area contributed by atoms with E-state index in [2.05, 4.69) is 18.7 Å². The first-order valence-electron chi connectivity index (χ1n) is 7.59. The molecule has 0 aromatic carbocycles. The lowest BCUT2D eigenvalue weighted by atomic mass is 9.68. The van der Waals surface area contributed by atoms with Gasteiger partial charge in [0.15, 0.2) is 0 Å². The van der Waals surface area contributed by atoms with Gasteiger partial charge in [0.05, 0.1) is 0 Å². The average Bonchev–Trinajstić information content (AvgIpc) is 2.74. The van der Waals surface area contributed by atoms with Crippen LogP contribution in [0.15, 0.2) is 0 Å². The van der Waals surface area contributed by atoms with Gasteiger partial charge in [-0.3, -0.25) is 4.90 Å². The molecule has 2 aliphatic carbocycles. The molecule has 2 fully saturated rings. The van der Waals surface area contributed by atoms with Crippen molar-refractivity contribution in [1.82, 2.24) is 4.90 Å². The van der Waals surface area contributed by atoms with Gasteiger partial charge in [-0.05, 0) is 43.6 Å². The summed E-state index contributed by atoms with van der Waals surface area (Å²) in [5.74, 6) is 0.783. The fourth-order valence-electron chi connectivity index (χ4n) is 3.62. The number of hydrogen-bond acceptors (Lipinski definition) is 2. The molecule has 0 saturated heterocycles. The maximum Gasteiger partial charge on any atom is 0.00956 e. The third-order valence-electron chi connectivity index (χ3n) is 4.83. The second-order valence-electron chi connectivity index (χ2n) is 6.82. The van der Waals surface area contributed by atoms with Crippen LogP contribution < -0.4 is 5.73 Å². The van der Waals surface area contributed by atoms with E-state index in [9.17, 15) is 0 Å². The predicted octanol–water partition coefficient (Wildman–Crippen LogP) is 3.02. The van der Waals surface area contributed by atoms with Crippen molar-refractivity contribution in [2.75, 3.05) is 19.6 Å². The second-order valence-corrected chi connectivity index (χ2v) is 6.82. The molecule has 0 heterocycles. The molecule has 0 atom stereocenters. The number of nitrogens with two attached hydrogens (primary N) is 1. The van der Waals surface area contributed by atoms with Crippen LogP contribution >= 0.6 is 0 Å². The Bertz CT molecular complexity index is 222. The van der Waals surface area contributed by atoms with Crippen molar-refractivity contribution < 1.29 is 0 Å². The smallest absolute Gasteiger partial charge is 0.00956 e. The first-order chi connectivity index (χ1) is 8.15. The van der Waals surface area contributed by atoms with Crippen molar-refractivity contribution >= 4 is 0 Å². The highest BCUT2D eigenvalue weighted by Crippen LogP contribution is 2.41. The molecule has 0 aromatic rings. The van der Waals surface area contributed by atoms with E-state index in [1.165, 1.54) is 58.0 Å². The molecule has 0 aromatic heterocycles. The minimum absolute atomic E-state index is 0.484. The van der Waals surface area contributed by atoms with E-state index in [-0.39, 0.29) is 0 Å². The molecule has 0 radical (unpaired) electrons. The minimum atomic E-state index is 0.484. The Morgan fingerprint density at radius 2 is 1.82 bits per heavy atom. The Morgan fingerprint density at radius 1 is 1.18 bits per heavy atom. The molecule has 0 unspecified atom stereocenters. The molecule has 2 aliphatic rings. The van der Waals surface area contributed by atoms with Gasteiger partial charge in [0.25, 0.3) is 0 Å². The first-order valence-corrected chi connectivity index (χ1v) is 7.59. The van der Waals surface area contributed by atoms with Gasteiger partial charge in [0, 0.05) is 19.1 Å². The van der Waals surface area contributed by atoms with Crippen molar-refractivity contribution in [2.24, 2.45) is 17.1 Å². The molecule has 100 valence electrons. The van der Waals surface area contributed by atoms with Gasteiger partial charge in [-0.2, -0.15) is 0 Å².